The van der Waals surface area contributed by atoms with Gasteiger partial charge in [0.1, 0.15) is 0 Å². The van der Waals surface area contributed by atoms with Crippen LogP contribution < -0.4 is 5.32 Å². The van der Waals surface area contributed by atoms with Crippen molar-refractivity contribution in [1.82, 2.24) is 4.98 Å². The van der Waals surface area contributed by atoms with Crippen LogP contribution in [-0.4, -0.2) is 23.0 Å². The summed E-state index contributed by atoms with van der Waals surface area (Å²) in [6.45, 7) is 3.22. The summed E-state index contributed by atoms with van der Waals surface area (Å²) >= 11 is 2.07. The molecule has 1 N–H and O–H groups in total. The Morgan fingerprint density at radius 2 is 2.57 bits per heavy atom. The second-order valence-corrected chi connectivity index (χ2v) is 4.95. The summed E-state index contributed by atoms with van der Waals surface area (Å²) in [7, 11) is 0. The van der Waals surface area contributed by atoms with Crippen LogP contribution in [0.4, 0.5) is 5.69 Å². The zero-order valence-corrected chi connectivity index (χ0v) is 9.31. The third-order valence-electron chi connectivity index (χ3n) is 2.64. The summed E-state index contributed by atoms with van der Waals surface area (Å²) in [6.07, 6.45) is 5.11. The highest BCUT2D eigenvalue weighted by molar-refractivity contribution is 7.99. The maximum absolute atomic E-state index is 4.12. The molecule has 0 bridgehead atoms. The number of thioether (sulfide) groups is 1. The number of nitrogens with zero attached hydrogens (tertiary/aromatic N) is 1. The van der Waals surface area contributed by atoms with Crippen LogP contribution in [0.1, 0.15) is 12.0 Å². The van der Waals surface area contributed by atoms with Gasteiger partial charge in [0, 0.05) is 12.7 Å². The van der Waals surface area contributed by atoms with Crippen molar-refractivity contribution < 1.29 is 0 Å². The van der Waals surface area contributed by atoms with Gasteiger partial charge in [-0.15, -0.1) is 0 Å². The normalized spacial score (nSPS) is 21.1. The van der Waals surface area contributed by atoms with Gasteiger partial charge in [0.2, 0.25) is 0 Å². The quantitative estimate of drug-likeness (QED) is 0.826. The summed E-state index contributed by atoms with van der Waals surface area (Å²) in [6, 6.07) is 2.05. The Kier molecular flexibility index (Phi) is 3.30. The molecule has 0 aliphatic carbocycles. The zero-order valence-electron chi connectivity index (χ0n) is 8.49. The Hall–Kier alpha value is -0.700. The molecule has 2 heterocycles. The minimum atomic E-state index is 0.847. The molecule has 1 aliphatic heterocycles. The average molecular weight is 208 g/mol. The summed E-state index contributed by atoms with van der Waals surface area (Å²) in [5, 5.41) is 3.48. The molecule has 0 spiro atoms. The van der Waals surface area contributed by atoms with E-state index in [9.17, 15) is 0 Å². The Bertz CT molecular complexity index is 295. The van der Waals surface area contributed by atoms with Crippen molar-refractivity contribution in [1.29, 1.82) is 0 Å². The lowest BCUT2D eigenvalue weighted by atomic mass is 10.1. The first-order valence-corrected chi connectivity index (χ1v) is 6.24. The van der Waals surface area contributed by atoms with Gasteiger partial charge >= 0.3 is 0 Å². The maximum Gasteiger partial charge on any atom is 0.0556 e. The van der Waals surface area contributed by atoms with Gasteiger partial charge < -0.3 is 5.32 Å². The molecule has 1 aromatic rings. The number of aryl methyl sites for hydroxylation is 1. The fraction of sp³-hybridized carbons (Fsp3) is 0.545. The van der Waals surface area contributed by atoms with Crippen LogP contribution in [0.2, 0.25) is 0 Å². The molecule has 1 atom stereocenters. The SMILES string of the molecule is Cc1ccncc1NCC1CCSC1. The predicted octanol–water partition coefficient (Wildman–Crippen LogP) is 2.56. The highest BCUT2D eigenvalue weighted by Gasteiger charge is 2.14. The van der Waals surface area contributed by atoms with Crippen molar-refractivity contribution in [3.8, 4) is 0 Å². The first-order chi connectivity index (χ1) is 6.86. The minimum Gasteiger partial charge on any atom is -0.383 e. The van der Waals surface area contributed by atoms with Crippen LogP contribution in [-0.2, 0) is 0 Å². The summed E-state index contributed by atoms with van der Waals surface area (Å²) < 4.78 is 0. The monoisotopic (exact) mass is 208 g/mol. The number of hydrogen-bond donors (Lipinski definition) is 1. The number of rotatable bonds is 3. The van der Waals surface area contributed by atoms with E-state index in [1.807, 2.05) is 18.5 Å². The van der Waals surface area contributed by atoms with E-state index >= 15 is 0 Å². The van der Waals surface area contributed by atoms with Crippen molar-refractivity contribution in [3.63, 3.8) is 0 Å². The molecule has 0 amide bonds. The molecule has 2 rings (SSSR count). The molecule has 76 valence electrons. The van der Waals surface area contributed by atoms with E-state index in [4.69, 9.17) is 0 Å². The molecule has 2 nitrogen and oxygen atoms in total. The van der Waals surface area contributed by atoms with E-state index in [2.05, 4.69) is 29.0 Å². The second kappa shape index (κ2) is 4.69. The number of hydrogen-bond acceptors (Lipinski definition) is 3. The maximum atomic E-state index is 4.12. The van der Waals surface area contributed by atoms with E-state index in [-0.39, 0.29) is 0 Å². The Balaban J connectivity index is 1.88. The van der Waals surface area contributed by atoms with Crippen LogP contribution in [0.5, 0.6) is 0 Å². The van der Waals surface area contributed by atoms with Crippen molar-refractivity contribution in [2.45, 2.75) is 13.3 Å². The van der Waals surface area contributed by atoms with Gasteiger partial charge in [-0.3, -0.25) is 4.98 Å². The van der Waals surface area contributed by atoms with Crippen LogP contribution in [0.25, 0.3) is 0 Å². The predicted molar refractivity (Wildman–Crippen MR) is 62.9 cm³/mol. The molecule has 3 heteroatoms. The lowest BCUT2D eigenvalue weighted by Crippen LogP contribution is -2.14. The highest BCUT2D eigenvalue weighted by atomic mass is 32.2. The zero-order chi connectivity index (χ0) is 9.80. The first kappa shape index (κ1) is 9.84. The number of pyridine rings is 1. The van der Waals surface area contributed by atoms with Crippen LogP contribution in [0.15, 0.2) is 18.5 Å². The van der Waals surface area contributed by atoms with Crippen LogP contribution in [0, 0.1) is 12.8 Å². The number of nitrogens with one attached hydrogen (secondary N) is 1. The molecule has 1 fully saturated rings. The van der Waals surface area contributed by atoms with Crippen LogP contribution in [0.3, 0.4) is 0 Å². The van der Waals surface area contributed by atoms with Crippen LogP contribution >= 0.6 is 11.8 Å². The van der Waals surface area contributed by atoms with Gasteiger partial charge in [0.25, 0.3) is 0 Å². The van der Waals surface area contributed by atoms with E-state index in [1.165, 1.54) is 29.2 Å². The van der Waals surface area contributed by atoms with Gasteiger partial charge in [-0.1, -0.05) is 0 Å². The molecule has 1 aliphatic rings. The third-order valence-corrected chi connectivity index (χ3v) is 3.88. The lowest BCUT2D eigenvalue weighted by molar-refractivity contribution is 0.631. The third kappa shape index (κ3) is 2.41. The highest BCUT2D eigenvalue weighted by Crippen LogP contribution is 2.24. The van der Waals surface area contributed by atoms with E-state index < -0.39 is 0 Å². The Morgan fingerprint density at radius 1 is 1.64 bits per heavy atom. The Labute approximate surface area is 89.5 Å². The van der Waals surface area contributed by atoms with E-state index in [0.717, 1.165) is 12.5 Å². The molecule has 1 saturated heterocycles. The van der Waals surface area contributed by atoms with E-state index in [1.54, 1.807) is 0 Å². The van der Waals surface area contributed by atoms with Crippen molar-refractivity contribution >= 4 is 17.4 Å². The first-order valence-electron chi connectivity index (χ1n) is 5.08. The standard InChI is InChI=1S/C11H16N2S/c1-9-2-4-12-7-11(9)13-6-10-3-5-14-8-10/h2,4,7,10,13H,3,5-6,8H2,1H3. The largest absolute Gasteiger partial charge is 0.383 e. The number of aromatic nitrogens is 1. The molecular weight excluding hydrogens is 192 g/mol. The molecule has 1 unspecified atom stereocenters. The average Bonchev–Trinajstić information content (AvgIpc) is 2.69. The fourth-order valence-corrected chi connectivity index (χ4v) is 2.93. The molecule has 1 aromatic heterocycles. The van der Waals surface area contributed by atoms with Gasteiger partial charge in [-0.2, -0.15) is 11.8 Å². The second-order valence-electron chi connectivity index (χ2n) is 3.80. The van der Waals surface area contributed by atoms with Gasteiger partial charge in [-0.05, 0) is 42.4 Å². The molecule has 0 saturated carbocycles. The molecule has 14 heavy (non-hydrogen) atoms. The van der Waals surface area contributed by atoms with Gasteiger partial charge in [-0.25, -0.2) is 0 Å². The molecular formula is C11H16N2S. The van der Waals surface area contributed by atoms with E-state index in [0.29, 0.717) is 0 Å². The summed E-state index contributed by atoms with van der Waals surface area (Å²) in [5.41, 5.74) is 2.47. The van der Waals surface area contributed by atoms with Gasteiger partial charge in [0.05, 0.1) is 11.9 Å². The summed E-state index contributed by atoms with van der Waals surface area (Å²) in [4.78, 5) is 4.12. The topological polar surface area (TPSA) is 24.9 Å². The summed E-state index contributed by atoms with van der Waals surface area (Å²) in [5.74, 6) is 3.49. The smallest absolute Gasteiger partial charge is 0.0556 e. The number of anilines is 1. The van der Waals surface area contributed by atoms with Crippen molar-refractivity contribution in [2.24, 2.45) is 5.92 Å². The molecule has 0 aromatic carbocycles. The van der Waals surface area contributed by atoms with Crippen molar-refractivity contribution in [2.75, 3.05) is 23.4 Å². The fourth-order valence-electron chi connectivity index (χ4n) is 1.65. The molecule has 0 radical (unpaired) electrons. The van der Waals surface area contributed by atoms with Crippen molar-refractivity contribution in [3.05, 3.63) is 24.0 Å². The minimum absolute atomic E-state index is 0.847. The lowest BCUT2D eigenvalue weighted by Gasteiger charge is -2.12. The van der Waals surface area contributed by atoms with Gasteiger partial charge in [0.15, 0.2) is 0 Å². The Morgan fingerprint density at radius 3 is 3.29 bits per heavy atom.